The van der Waals surface area contributed by atoms with Gasteiger partial charge in [0.15, 0.2) is 0 Å². The van der Waals surface area contributed by atoms with Gasteiger partial charge < -0.3 is 5.32 Å². The fourth-order valence-electron chi connectivity index (χ4n) is 6.93. The zero-order valence-corrected chi connectivity index (χ0v) is 21.0. The van der Waals surface area contributed by atoms with E-state index in [-0.39, 0.29) is 17.5 Å². The van der Waals surface area contributed by atoms with E-state index < -0.39 is 16.1 Å². The lowest BCUT2D eigenvalue weighted by molar-refractivity contribution is -0.125. The maximum Gasteiger partial charge on any atom is 0.321 e. The van der Waals surface area contributed by atoms with E-state index in [1.807, 2.05) is 17.9 Å². The molecule has 1 aliphatic heterocycles. The Morgan fingerprint density at radius 1 is 1.03 bits per heavy atom. The van der Waals surface area contributed by atoms with Gasteiger partial charge in [-0.15, -0.1) is 11.3 Å². The van der Waals surface area contributed by atoms with Gasteiger partial charge in [-0.05, 0) is 82.3 Å². The second-order valence-corrected chi connectivity index (χ2v) is 14.1. The van der Waals surface area contributed by atoms with Crippen molar-refractivity contribution in [2.24, 2.45) is 17.8 Å². The number of urea groups is 1. The van der Waals surface area contributed by atoms with Crippen LogP contribution in [0.5, 0.6) is 0 Å². The molecule has 0 radical (unpaired) electrons. The molecule has 1 aromatic heterocycles. The standard InChI is InChI=1S/C23H34N4O4S2/c1-15-3-4-20(32-15)33(30,31)27-7-5-26(6-8-27)16(2)21(28)24-22(29)25-23-12-17-9-18(13-23)11-19(10-17)14-23/h3-4,16-19H,5-14H2,1-2H3,(H2,24,25,28,29). The lowest BCUT2D eigenvalue weighted by Gasteiger charge is -2.56. The van der Waals surface area contributed by atoms with Crippen LogP contribution in [0.2, 0.25) is 0 Å². The predicted molar refractivity (Wildman–Crippen MR) is 126 cm³/mol. The normalized spacial score (nSPS) is 33.1. The van der Waals surface area contributed by atoms with E-state index in [1.165, 1.54) is 34.9 Å². The quantitative estimate of drug-likeness (QED) is 0.656. The second kappa shape index (κ2) is 8.62. The molecule has 10 heteroatoms. The average molecular weight is 495 g/mol. The van der Waals surface area contributed by atoms with E-state index in [0.717, 1.165) is 41.9 Å². The van der Waals surface area contributed by atoms with E-state index in [2.05, 4.69) is 10.6 Å². The van der Waals surface area contributed by atoms with Gasteiger partial charge in [-0.25, -0.2) is 13.2 Å². The van der Waals surface area contributed by atoms with Crippen molar-refractivity contribution in [3.63, 3.8) is 0 Å². The third-order valence-electron chi connectivity index (χ3n) is 8.16. The summed E-state index contributed by atoms with van der Waals surface area (Å²) >= 11 is 1.28. The minimum Gasteiger partial charge on any atom is -0.332 e. The van der Waals surface area contributed by atoms with Crippen LogP contribution in [0, 0.1) is 24.7 Å². The Morgan fingerprint density at radius 3 is 2.12 bits per heavy atom. The van der Waals surface area contributed by atoms with Gasteiger partial charge in [0.1, 0.15) is 4.21 Å². The summed E-state index contributed by atoms with van der Waals surface area (Å²) in [5.74, 6) is 1.83. The molecule has 1 saturated heterocycles. The van der Waals surface area contributed by atoms with Crippen molar-refractivity contribution in [2.45, 2.75) is 68.2 Å². The third kappa shape index (κ3) is 4.59. The molecule has 1 unspecified atom stereocenters. The number of hydrogen-bond donors (Lipinski definition) is 2. The first-order valence-corrected chi connectivity index (χ1v) is 14.3. The van der Waals surface area contributed by atoms with Gasteiger partial charge in [0, 0.05) is 36.6 Å². The highest BCUT2D eigenvalue weighted by molar-refractivity contribution is 7.91. The van der Waals surface area contributed by atoms with Crippen LogP contribution in [0.1, 0.15) is 50.3 Å². The SMILES string of the molecule is Cc1ccc(S(=O)(=O)N2CCN(C(C)C(=O)NC(=O)NC34CC5CC(CC(C5)C3)C4)CC2)s1. The number of amides is 3. The Hall–Kier alpha value is -1.49. The van der Waals surface area contributed by atoms with Gasteiger partial charge in [0.2, 0.25) is 5.91 Å². The number of piperazine rings is 1. The van der Waals surface area contributed by atoms with Gasteiger partial charge in [-0.2, -0.15) is 4.31 Å². The van der Waals surface area contributed by atoms with Crippen LogP contribution in [0.15, 0.2) is 16.3 Å². The summed E-state index contributed by atoms with van der Waals surface area (Å²) in [5, 5.41) is 5.75. The van der Waals surface area contributed by atoms with E-state index >= 15 is 0 Å². The number of aryl methyl sites for hydroxylation is 1. The molecular weight excluding hydrogens is 460 g/mol. The highest BCUT2D eigenvalue weighted by Crippen LogP contribution is 2.55. The Labute approximate surface area is 200 Å². The zero-order valence-electron chi connectivity index (χ0n) is 19.4. The van der Waals surface area contributed by atoms with Gasteiger partial charge in [0.25, 0.3) is 10.0 Å². The van der Waals surface area contributed by atoms with Crippen molar-refractivity contribution in [3.05, 3.63) is 17.0 Å². The molecule has 6 rings (SSSR count). The highest BCUT2D eigenvalue weighted by atomic mass is 32.2. The number of sulfonamides is 1. The summed E-state index contributed by atoms with van der Waals surface area (Å²) in [6.45, 7) is 5.23. The summed E-state index contributed by atoms with van der Waals surface area (Å²) in [6, 6.07) is 2.58. The van der Waals surface area contributed by atoms with Crippen LogP contribution in [-0.4, -0.2) is 67.3 Å². The molecule has 33 heavy (non-hydrogen) atoms. The molecule has 8 nitrogen and oxygen atoms in total. The number of hydrogen-bond acceptors (Lipinski definition) is 6. The van der Waals surface area contributed by atoms with E-state index in [9.17, 15) is 18.0 Å². The Kier molecular flexibility index (Phi) is 6.08. The molecule has 4 aliphatic carbocycles. The summed E-state index contributed by atoms with van der Waals surface area (Å²) in [5.41, 5.74) is -0.136. The molecular formula is C23H34N4O4S2. The molecule has 182 valence electrons. The summed E-state index contributed by atoms with van der Waals surface area (Å²) < 4.78 is 27.5. The number of rotatable bonds is 5. The minimum absolute atomic E-state index is 0.136. The van der Waals surface area contributed by atoms with Crippen molar-refractivity contribution in [1.82, 2.24) is 19.8 Å². The van der Waals surface area contributed by atoms with E-state index in [4.69, 9.17) is 0 Å². The maximum absolute atomic E-state index is 12.8. The topological polar surface area (TPSA) is 98.8 Å². The van der Waals surface area contributed by atoms with Crippen LogP contribution in [0.3, 0.4) is 0 Å². The van der Waals surface area contributed by atoms with Crippen LogP contribution in [0.4, 0.5) is 4.79 Å². The molecule has 5 aliphatic rings. The molecule has 3 amide bonds. The molecule has 0 spiro atoms. The van der Waals surface area contributed by atoms with E-state index in [1.54, 1.807) is 13.0 Å². The van der Waals surface area contributed by atoms with Crippen LogP contribution in [0.25, 0.3) is 0 Å². The van der Waals surface area contributed by atoms with Gasteiger partial charge in [-0.3, -0.25) is 15.0 Å². The predicted octanol–water partition coefficient (Wildman–Crippen LogP) is 2.55. The van der Waals surface area contributed by atoms with Gasteiger partial charge in [0.05, 0.1) is 6.04 Å². The van der Waals surface area contributed by atoms with Gasteiger partial charge in [-0.1, -0.05) is 0 Å². The average Bonchev–Trinajstić information content (AvgIpc) is 3.19. The molecule has 2 N–H and O–H groups in total. The molecule has 4 saturated carbocycles. The van der Waals surface area contributed by atoms with Crippen molar-refractivity contribution in [1.29, 1.82) is 0 Å². The highest BCUT2D eigenvalue weighted by Gasteiger charge is 2.51. The molecule has 1 aromatic rings. The number of carbonyl (C=O) groups excluding carboxylic acids is 2. The monoisotopic (exact) mass is 494 g/mol. The molecule has 2 heterocycles. The summed E-state index contributed by atoms with van der Waals surface area (Å²) in [6.07, 6.45) is 7.01. The van der Waals surface area contributed by atoms with Gasteiger partial charge >= 0.3 is 6.03 Å². The minimum atomic E-state index is -3.50. The summed E-state index contributed by atoms with van der Waals surface area (Å²) in [7, 11) is -3.50. The zero-order chi connectivity index (χ0) is 23.4. The van der Waals surface area contributed by atoms with Crippen LogP contribution in [-0.2, 0) is 14.8 Å². The first-order valence-electron chi connectivity index (χ1n) is 12.1. The van der Waals surface area contributed by atoms with Crippen molar-refractivity contribution in [2.75, 3.05) is 26.2 Å². The van der Waals surface area contributed by atoms with Crippen molar-refractivity contribution < 1.29 is 18.0 Å². The Balaban J connectivity index is 1.13. The Bertz CT molecular complexity index is 994. The van der Waals surface area contributed by atoms with E-state index in [0.29, 0.717) is 30.4 Å². The number of carbonyl (C=O) groups is 2. The second-order valence-electron chi connectivity index (χ2n) is 10.6. The molecule has 4 bridgehead atoms. The first-order chi connectivity index (χ1) is 15.6. The number of imide groups is 1. The molecule has 1 atom stereocenters. The lowest BCUT2D eigenvalue weighted by Crippen LogP contribution is -2.63. The fourth-order valence-corrected chi connectivity index (χ4v) is 9.79. The summed E-state index contributed by atoms with van der Waals surface area (Å²) in [4.78, 5) is 28.4. The number of thiophene rings is 1. The first kappa shape index (κ1) is 23.3. The molecule has 5 fully saturated rings. The molecule has 0 aromatic carbocycles. The van der Waals surface area contributed by atoms with Crippen LogP contribution < -0.4 is 10.6 Å². The third-order valence-corrected chi connectivity index (χ3v) is 11.5. The number of nitrogens with one attached hydrogen (secondary N) is 2. The van der Waals surface area contributed by atoms with Crippen LogP contribution >= 0.6 is 11.3 Å². The number of nitrogens with zero attached hydrogens (tertiary/aromatic N) is 2. The maximum atomic E-state index is 12.8. The largest absolute Gasteiger partial charge is 0.332 e. The lowest BCUT2D eigenvalue weighted by atomic mass is 9.53. The smallest absolute Gasteiger partial charge is 0.321 e. The van der Waals surface area contributed by atoms with Crippen molar-refractivity contribution >= 4 is 33.3 Å². The van der Waals surface area contributed by atoms with Crippen molar-refractivity contribution in [3.8, 4) is 0 Å². The Morgan fingerprint density at radius 2 is 1.61 bits per heavy atom. The fraction of sp³-hybridized carbons (Fsp3) is 0.739.